The van der Waals surface area contributed by atoms with E-state index in [0.29, 0.717) is 17.3 Å². The normalized spacial score (nSPS) is 11.7. The van der Waals surface area contributed by atoms with Gasteiger partial charge in [0.25, 0.3) is 0 Å². The molecule has 2 heterocycles. The Kier molecular flexibility index (Phi) is 5.14. The number of nitrogens with zero attached hydrogens (tertiary/aromatic N) is 4. The van der Waals surface area contributed by atoms with E-state index in [1.807, 2.05) is 35.8 Å². The molecular weight excluding hydrogens is 399 g/mol. The van der Waals surface area contributed by atoms with Gasteiger partial charge >= 0.3 is 6.18 Å². The van der Waals surface area contributed by atoms with Gasteiger partial charge in [0.2, 0.25) is 0 Å². The summed E-state index contributed by atoms with van der Waals surface area (Å²) in [5.74, 6) is 1.85. The van der Waals surface area contributed by atoms with Crippen molar-refractivity contribution in [1.82, 2.24) is 19.5 Å². The molecule has 4 rings (SSSR count). The van der Waals surface area contributed by atoms with Crippen molar-refractivity contribution in [3.8, 4) is 5.82 Å². The SMILES string of the molecule is CCSc1nc2ccccc2n1-c1cncc(Nc2ccc(C(F)(F)F)cc2)n1. The molecule has 5 nitrogen and oxygen atoms in total. The van der Waals surface area contributed by atoms with Gasteiger partial charge in [-0.1, -0.05) is 30.8 Å². The van der Waals surface area contributed by atoms with Gasteiger partial charge in [0.05, 0.1) is 29.0 Å². The summed E-state index contributed by atoms with van der Waals surface area (Å²) in [6.45, 7) is 2.04. The Labute approximate surface area is 169 Å². The minimum atomic E-state index is -4.37. The molecule has 0 aliphatic carbocycles. The fourth-order valence-corrected chi connectivity index (χ4v) is 3.61. The van der Waals surface area contributed by atoms with Gasteiger partial charge in [-0.05, 0) is 42.2 Å². The van der Waals surface area contributed by atoms with Crippen LogP contribution in [0.3, 0.4) is 0 Å². The van der Waals surface area contributed by atoms with E-state index in [9.17, 15) is 13.2 Å². The molecule has 0 amide bonds. The molecule has 0 bridgehead atoms. The summed E-state index contributed by atoms with van der Waals surface area (Å²) in [5, 5.41) is 3.80. The zero-order chi connectivity index (χ0) is 20.4. The van der Waals surface area contributed by atoms with E-state index in [1.165, 1.54) is 18.3 Å². The number of fused-ring (bicyclic) bond motifs is 1. The van der Waals surface area contributed by atoms with E-state index in [-0.39, 0.29) is 0 Å². The first-order valence-electron chi connectivity index (χ1n) is 8.82. The molecule has 0 radical (unpaired) electrons. The summed E-state index contributed by atoms with van der Waals surface area (Å²) in [7, 11) is 0. The van der Waals surface area contributed by atoms with Gasteiger partial charge in [0.1, 0.15) is 0 Å². The van der Waals surface area contributed by atoms with Gasteiger partial charge < -0.3 is 5.32 Å². The summed E-state index contributed by atoms with van der Waals surface area (Å²) in [4.78, 5) is 13.5. The van der Waals surface area contributed by atoms with Gasteiger partial charge in [0, 0.05) is 5.69 Å². The Bertz CT molecular complexity index is 1140. The van der Waals surface area contributed by atoms with E-state index in [2.05, 4.69) is 20.3 Å². The third-order valence-electron chi connectivity index (χ3n) is 4.14. The number of nitrogens with one attached hydrogen (secondary N) is 1. The minimum absolute atomic E-state index is 0.424. The lowest BCUT2D eigenvalue weighted by molar-refractivity contribution is -0.137. The molecule has 0 saturated heterocycles. The van der Waals surface area contributed by atoms with Gasteiger partial charge in [-0.25, -0.2) is 9.97 Å². The monoisotopic (exact) mass is 415 g/mol. The van der Waals surface area contributed by atoms with Crippen LogP contribution >= 0.6 is 11.8 Å². The fourth-order valence-electron chi connectivity index (χ4n) is 2.87. The average molecular weight is 415 g/mol. The van der Waals surface area contributed by atoms with Crippen molar-refractivity contribution in [3.05, 3.63) is 66.5 Å². The standard InChI is InChI=1S/C20H16F3N5S/c1-2-29-19-26-15-5-3-4-6-16(15)28(19)18-12-24-11-17(27-18)25-14-9-7-13(8-10-14)20(21,22)23/h3-12H,2H2,1H3,(H,25,27). The molecule has 0 atom stereocenters. The molecule has 0 aliphatic rings. The van der Waals surface area contributed by atoms with Gasteiger partial charge in [-0.3, -0.25) is 9.55 Å². The Morgan fingerprint density at radius 2 is 1.76 bits per heavy atom. The highest BCUT2D eigenvalue weighted by molar-refractivity contribution is 7.99. The molecular formula is C20H16F3N5S. The highest BCUT2D eigenvalue weighted by Gasteiger charge is 2.29. The highest BCUT2D eigenvalue weighted by atomic mass is 32.2. The van der Waals surface area contributed by atoms with Crippen LogP contribution in [0.25, 0.3) is 16.9 Å². The molecule has 0 spiro atoms. The zero-order valence-electron chi connectivity index (χ0n) is 15.3. The Morgan fingerprint density at radius 1 is 1.00 bits per heavy atom. The third-order valence-corrected chi connectivity index (χ3v) is 4.96. The summed E-state index contributed by atoms with van der Waals surface area (Å²) in [6, 6.07) is 12.5. The number of rotatable bonds is 5. The number of hydrogen-bond acceptors (Lipinski definition) is 5. The molecule has 0 saturated carbocycles. The zero-order valence-corrected chi connectivity index (χ0v) is 16.1. The predicted octanol–water partition coefficient (Wildman–Crippen LogP) is 5.69. The molecule has 0 fully saturated rings. The van der Waals surface area contributed by atoms with Gasteiger partial charge in [-0.2, -0.15) is 13.2 Å². The van der Waals surface area contributed by atoms with Crippen molar-refractivity contribution < 1.29 is 13.2 Å². The van der Waals surface area contributed by atoms with Crippen LogP contribution in [-0.4, -0.2) is 25.3 Å². The van der Waals surface area contributed by atoms with Crippen LogP contribution in [0.1, 0.15) is 12.5 Å². The van der Waals surface area contributed by atoms with Crippen molar-refractivity contribution in [2.75, 3.05) is 11.1 Å². The van der Waals surface area contributed by atoms with E-state index in [1.54, 1.807) is 18.0 Å². The quantitative estimate of drug-likeness (QED) is 0.425. The summed E-state index contributed by atoms with van der Waals surface area (Å²) in [5.41, 5.74) is 1.55. The van der Waals surface area contributed by atoms with Crippen LogP contribution in [0, 0.1) is 0 Å². The maximum Gasteiger partial charge on any atom is 0.416 e. The molecule has 148 valence electrons. The second kappa shape index (κ2) is 7.75. The molecule has 0 unspecified atom stereocenters. The number of para-hydroxylation sites is 2. The van der Waals surface area contributed by atoms with E-state index < -0.39 is 11.7 Å². The second-order valence-electron chi connectivity index (χ2n) is 6.11. The molecule has 2 aromatic carbocycles. The summed E-state index contributed by atoms with van der Waals surface area (Å²) >= 11 is 1.59. The van der Waals surface area contributed by atoms with Crippen molar-refractivity contribution in [2.45, 2.75) is 18.3 Å². The molecule has 4 aromatic rings. The van der Waals surface area contributed by atoms with E-state index in [0.717, 1.165) is 34.1 Å². The molecule has 0 aliphatic heterocycles. The Morgan fingerprint density at radius 3 is 2.48 bits per heavy atom. The van der Waals surface area contributed by atoms with Crippen LogP contribution in [-0.2, 0) is 6.18 Å². The lowest BCUT2D eigenvalue weighted by atomic mass is 10.2. The first-order chi connectivity index (χ1) is 14.0. The topological polar surface area (TPSA) is 55.6 Å². The van der Waals surface area contributed by atoms with Crippen LogP contribution in [0.15, 0.2) is 66.1 Å². The van der Waals surface area contributed by atoms with Crippen LogP contribution in [0.5, 0.6) is 0 Å². The molecule has 29 heavy (non-hydrogen) atoms. The number of alkyl halides is 3. The third kappa shape index (κ3) is 4.04. The first-order valence-corrected chi connectivity index (χ1v) is 9.81. The number of thioether (sulfide) groups is 1. The smallest absolute Gasteiger partial charge is 0.339 e. The number of halogens is 3. The van der Waals surface area contributed by atoms with Crippen LogP contribution < -0.4 is 5.32 Å². The van der Waals surface area contributed by atoms with E-state index in [4.69, 9.17) is 0 Å². The largest absolute Gasteiger partial charge is 0.416 e. The van der Waals surface area contributed by atoms with Crippen LogP contribution in [0.4, 0.5) is 24.7 Å². The van der Waals surface area contributed by atoms with Gasteiger partial charge in [-0.15, -0.1) is 0 Å². The van der Waals surface area contributed by atoms with Crippen molar-refractivity contribution in [3.63, 3.8) is 0 Å². The lowest BCUT2D eigenvalue weighted by Gasteiger charge is -2.11. The van der Waals surface area contributed by atoms with Crippen LogP contribution in [0.2, 0.25) is 0 Å². The molecule has 1 N–H and O–H groups in total. The fraction of sp³-hybridized carbons (Fsp3) is 0.150. The van der Waals surface area contributed by atoms with E-state index >= 15 is 0 Å². The lowest BCUT2D eigenvalue weighted by Crippen LogP contribution is -2.05. The molecule has 2 aromatic heterocycles. The summed E-state index contributed by atoms with van der Waals surface area (Å²) in [6.07, 6.45) is -1.22. The number of aromatic nitrogens is 4. The van der Waals surface area contributed by atoms with Gasteiger partial charge in [0.15, 0.2) is 16.8 Å². The number of benzene rings is 2. The maximum atomic E-state index is 12.7. The van der Waals surface area contributed by atoms with Crippen molar-refractivity contribution in [1.29, 1.82) is 0 Å². The number of hydrogen-bond donors (Lipinski definition) is 1. The van der Waals surface area contributed by atoms with Crippen molar-refractivity contribution >= 4 is 34.3 Å². The first kappa shape index (κ1) is 19.3. The Balaban J connectivity index is 1.68. The number of imidazole rings is 1. The average Bonchev–Trinajstić information content (AvgIpc) is 3.06. The highest BCUT2D eigenvalue weighted by Crippen LogP contribution is 2.31. The van der Waals surface area contributed by atoms with Crippen molar-refractivity contribution in [2.24, 2.45) is 0 Å². The minimum Gasteiger partial charge on any atom is -0.339 e. The predicted molar refractivity (Wildman–Crippen MR) is 108 cm³/mol. The molecule has 9 heteroatoms. The maximum absolute atomic E-state index is 12.7. The second-order valence-corrected chi connectivity index (χ2v) is 7.35. The Hall–Kier alpha value is -3.07. The number of anilines is 2. The summed E-state index contributed by atoms with van der Waals surface area (Å²) < 4.78 is 40.1.